The van der Waals surface area contributed by atoms with Gasteiger partial charge in [0.15, 0.2) is 6.61 Å². The fourth-order valence-corrected chi connectivity index (χ4v) is 4.15. The molecule has 3 rings (SSSR count). The van der Waals surface area contributed by atoms with Gasteiger partial charge in [-0.3, -0.25) is 4.79 Å². The third-order valence-electron chi connectivity index (χ3n) is 4.04. The maximum Gasteiger partial charge on any atom is 0.341 e. The van der Waals surface area contributed by atoms with Crippen LogP contribution in [0, 0.1) is 6.92 Å². The summed E-state index contributed by atoms with van der Waals surface area (Å²) in [6.07, 6.45) is 2.84. The maximum absolute atomic E-state index is 12.3. The van der Waals surface area contributed by atoms with Gasteiger partial charge in [0.2, 0.25) is 0 Å². The van der Waals surface area contributed by atoms with E-state index in [0.29, 0.717) is 22.9 Å². The highest BCUT2D eigenvalue weighted by Crippen LogP contribution is 2.39. The molecule has 0 radical (unpaired) electrons. The van der Waals surface area contributed by atoms with Crippen LogP contribution in [-0.4, -0.2) is 25.1 Å². The number of rotatable bonds is 6. The highest BCUT2D eigenvalue weighted by atomic mass is 32.1. The van der Waals surface area contributed by atoms with E-state index in [9.17, 15) is 9.59 Å². The molecule has 0 spiro atoms. The molecule has 0 aliphatic heterocycles. The molecule has 1 heterocycles. The molecular weight excluding hydrogens is 338 g/mol. The van der Waals surface area contributed by atoms with Crippen LogP contribution in [0.2, 0.25) is 0 Å². The van der Waals surface area contributed by atoms with E-state index >= 15 is 0 Å². The predicted octanol–water partition coefficient (Wildman–Crippen LogP) is 3.74. The predicted molar refractivity (Wildman–Crippen MR) is 97.6 cm³/mol. The van der Waals surface area contributed by atoms with Crippen LogP contribution >= 0.6 is 11.3 Å². The molecule has 1 aliphatic rings. The third-order valence-corrected chi connectivity index (χ3v) is 5.25. The van der Waals surface area contributed by atoms with Gasteiger partial charge in [0.1, 0.15) is 10.8 Å². The molecule has 1 N–H and O–H groups in total. The van der Waals surface area contributed by atoms with Crippen molar-refractivity contribution >= 4 is 28.2 Å². The number of benzene rings is 1. The number of thiophene rings is 1. The van der Waals surface area contributed by atoms with Crippen molar-refractivity contribution in [1.29, 1.82) is 0 Å². The summed E-state index contributed by atoms with van der Waals surface area (Å²) in [7, 11) is 0. The van der Waals surface area contributed by atoms with Crippen molar-refractivity contribution < 1.29 is 19.1 Å². The number of hydrogen-bond donors (Lipinski definition) is 1. The van der Waals surface area contributed by atoms with Gasteiger partial charge in [0, 0.05) is 4.88 Å². The summed E-state index contributed by atoms with van der Waals surface area (Å²) in [5.41, 5.74) is 2.67. The van der Waals surface area contributed by atoms with Gasteiger partial charge in [-0.1, -0.05) is 17.7 Å². The van der Waals surface area contributed by atoms with Crippen LogP contribution in [-0.2, 0) is 22.4 Å². The zero-order valence-corrected chi connectivity index (χ0v) is 15.2. The first-order chi connectivity index (χ1) is 12.1. The normalized spacial score (nSPS) is 12.6. The molecule has 1 aromatic heterocycles. The molecular formula is C19H21NO4S. The molecule has 132 valence electrons. The lowest BCUT2D eigenvalue weighted by atomic mass is 10.1. The summed E-state index contributed by atoms with van der Waals surface area (Å²) >= 11 is 1.47. The second kappa shape index (κ2) is 7.70. The van der Waals surface area contributed by atoms with E-state index < -0.39 is 0 Å². The number of amides is 1. The second-order valence-electron chi connectivity index (χ2n) is 5.93. The Bertz CT molecular complexity index is 779. The van der Waals surface area contributed by atoms with Crippen molar-refractivity contribution in [3.63, 3.8) is 0 Å². The summed E-state index contributed by atoms with van der Waals surface area (Å²) in [6, 6.07) is 7.50. The number of ether oxygens (including phenoxy) is 2. The number of anilines is 1. The first-order valence-corrected chi connectivity index (χ1v) is 9.21. The van der Waals surface area contributed by atoms with Crippen molar-refractivity contribution in [1.82, 2.24) is 0 Å². The van der Waals surface area contributed by atoms with Gasteiger partial charge in [-0.15, -0.1) is 11.3 Å². The molecule has 6 heteroatoms. The van der Waals surface area contributed by atoms with E-state index in [4.69, 9.17) is 9.47 Å². The van der Waals surface area contributed by atoms with Crippen LogP contribution in [0.25, 0.3) is 0 Å². The first kappa shape index (κ1) is 17.5. The van der Waals surface area contributed by atoms with Crippen LogP contribution in [0.3, 0.4) is 0 Å². The average Bonchev–Trinajstić information content (AvgIpc) is 3.15. The fraction of sp³-hybridized carbons (Fsp3) is 0.368. The van der Waals surface area contributed by atoms with Crippen molar-refractivity contribution in [2.24, 2.45) is 0 Å². The largest absolute Gasteiger partial charge is 0.484 e. The molecule has 0 fully saturated rings. The Morgan fingerprint density at radius 3 is 2.68 bits per heavy atom. The summed E-state index contributed by atoms with van der Waals surface area (Å²) in [5.74, 6) is -0.0114. The average molecular weight is 359 g/mol. The highest BCUT2D eigenvalue weighted by molar-refractivity contribution is 7.17. The van der Waals surface area contributed by atoms with E-state index in [2.05, 4.69) is 5.32 Å². The third kappa shape index (κ3) is 4.02. The monoisotopic (exact) mass is 359 g/mol. The second-order valence-corrected chi connectivity index (χ2v) is 7.04. The van der Waals surface area contributed by atoms with Crippen LogP contribution in [0.5, 0.6) is 5.75 Å². The summed E-state index contributed by atoms with van der Waals surface area (Å²) in [5, 5.41) is 3.38. The van der Waals surface area contributed by atoms with E-state index in [1.54, 1.807) is 6.92 Å². The van der Waals surface area contributed by atoms with Crippen molar-refractivity contribution in [3.05, 3.63) is 45.8 Å². The smallest absolute Gasteiger partial charge is 0.341 e. The highest BCUT2D eigenvalue weighted by Gasteiger charge is 2.28. The Hall–Kier alpha value is -2.34. The molecule has 25 heavy (non-hydrogen) atoms. The van der Waals surface area contributed by atoms with E-state index in [1.165, 1.54) is 11.3 Å². The molecule has 2 aromatic rings. The Balaban J connectivity index is 1.68. The van der Waals surface area contributed by atoms with E-state index in [-0.39, 0.29) is 18.5 Å². The topological polar surface area (TPSA) is 64.6 Å². The summed E-state index contributed by atoms with van der Waals surface area (Å²) < 4.78 is 10.7. The number of carbonyl (C=O) groups is 2. The lowest BCUT2D eigenvalue weighted by molar-refractivity contribution is -0.118. The first-order valence-electron chi connectivity index (χ1n) is 8.39. The lowest BCUT2D eigenvalue weighted by Gasteiger charge is -2.09. The SMILES string of the molecule is CCOC(=O)c1c(NC(=O)COc2ccc(C)cc2)sc2c1CCC2. The number of hydrogen-bond acceptors (Lipinski definition) is 5. The minimum Gasteiger partial charge on any atom is -0.484 e. The Labute approximate surface area is 151 Å². The van der Waals surface area contributed by atoms with Gasteiger partial charge in [0.05, 0.1) is 12.2 Å². The zero-order chi connectivity index (χ0) is 17.8. The van der Waals surface area contributed by atoms with Gasteiger partial charge >= 0.3 is 5.97 Å². The lowest BCUT2D eigenvalue weighted by Crippen LogP contribution is -2.21. The number of fused-ring (bicyclic) bond motifs is 1. The Kier molecular flexibility index (Phi) is 5.38. The van der Waals surface area contributed by atoms with E-state index in [0.717, 1.165) is 35.3 Å². The molecule has 0 unspecified atom stereocenters. The Morgan fingerprint density at radius 2 is 1.96 bits per heavy atom. The number of esters is 1. The van der Waals surface area contributed by atoms with E-state index in [1.807, 2.05) is 31.2 Å². The summed E-state index contributed by atoms with van der Waals surface area (Å²) in [6.45, 7) is 3.98. The van der Waals surface area contributed by atoms with Crippen LogP contribution in [0.4, 0.5) is 5.00 Å². The van der Waals surface area contributed by atoms with Crippen LogP contribution < -0.4 is 10.1 Å². The quantitative estimate of drug-likeness (QED) is 0.798. The minimum absolute atomic E-state index is 0.103. The van der Waals surface area contributed by atoms with Gasteiger partial charge < -0.3 is 14.8 Å². The molecule has 0 bridgehead atoms. The molecule has 0 atom stereocenters. The maximum atomic E-state index is 12.3. The molecule has 0 saturated carbocycles. The van der Waals surface area contributed by atoms with Gasteiger partial charge in [-0.2, -0.15) is 0 Å². The molecule has 5 nitrogen and oxygen atoms in total. The fourth-order valence-electron chi connectivity index (χ4n) is 2.86. The van der Waals surface area contributed by atoms with Gasteiger partial charge in [0.25, 0.3) is 5.91 Å². The molecule has 1 aromatic carbocycles. The van der Waals surface area contributed by atoms with Crippen molar-refractivity contribution in [2.45, 2.75) is 33.1 Å². The zero-order valence-electron chi connectivity index (χ0n) is 14.4. The van der Waals surface area contributed by atoms with Crippen molar-refractivity contribution in [2.75, 3.05) is 18.5 Å². The Morgan fingerprint density at radius 1 is 1.20 bits per heavy atom. The van der Waals surface area contributed by atoms with Crippen LogP contribution in [0.15, 0.2) is 24.3 Å². The van der Waals surface area contributed by atoms with Gasteiger partial charge in [-0.25, -0.2) is 4.79 Å². The minimum atomic E-state index is -0.364. The number of nitrogens with one attached hydrogen (secondary N) is 1. The molecule has 0 saturated heterocycles. The van der Waals surface area contributed by atoms with Crippen LogP contribution in [0.1, 0.15) is 39.7 Å². The number of aryl methyl sites for hydroxylation is 2. The van der Waals surface area contributed by atoms with Crippen molar-refractivity contribution in [3.8, 4) is 5.75 Å². The summed E-state index contributed by atoms with van der Waals surface area (Å²) in [4.78, 5) is 25.7. The standard InChI is InChI=1S/C19H21NO4S/c1-3-23-19(22)17-14-5-4-6-15(14)25-18(17)20-16(21)11-24-13-9-7-12(2)8-10-13/h7-10H,3-6,11H2,1-2H3,(H,20,21). The molecule has 1 amide bonds. The number of carbonyl (C=O) groups excluding carboxylic acids is 2. The van der Waals surface area contributed by atoms with Gasteiger partial charge in [-0.05, 0) is 50.8 Å². The molecule has 1 aliphatic carbocycles.